The molecule has 21 heavy (non-hydrogen) atoms. The lowest BCUT2D eigenvalue weighted by Crippen LogP contribution is -2.06. The van der Waals surface area contributed by atoms with Gasteiger partial charge in [0.05, 0.1) is 22.3 Å². The SMILES string of the molecule is N#C/C(=C(/N)c1cc(F)cc([N+](=O)[O-])c1F)c1cccs1. The van der Waals surface area contributed by atoms with Crippen molar-refractivity contribution in [3.05, 3.63) is 61.8 Å². The van der Waals surface area contributed by atoms with Gasteiger partial charge in [-0.2, -0.15) is 9.65 Å². The molecule has 8 heteroatoms. The van der Waals surface area contributed by atoms with Crippen LogP contribution < -0.4 is 5.73 Å². The molecule has 1 heterocycles. The van der Waals surface area contributed by atoms with Gasteiger partial charge in [-0.15, -0.1) is 11.3 Å². The summed E-state index contributed by atoms with van der Waals surface area (Å²) in [6.45, 7) is 0. The van der Waals surface area contributed by atoms with Crippen LogP contribution in [-0.4, -0.2) is 4.92 Å². The number of nitro groups is 1. The summed E-state index contributed by atoms with van der Waals surface area (Å²) in [5.74, 6) is -2.28. The maximum absolute atomic E-state index is 14.1. The summed E-state index contributed by atoms with van der Waals surface area (Å²) in [5.41, 5.74) is 3.76. The van der Waals surface area contributed by atoms with Crippen molar-refractivity contribution in [2.45, 2.75) is 0 Å². The first kappa shape index (κ1) is 14.6. The highest BCUT2D eigenvalue weighted by atomic mass is 32.1. The normalized spacial score (nSPS) is 11.7. The first-order valence-electron chi connectivity index (χ1n) is 5.53. The van der Waals surface area contributed by atoms with Crippen molar-refractivity contribution in [1.29, 1.82) is 5.26 Å². The second kappa shape index (κ2) is 5.68. The maximum Gasteiger partial charge on any atom is 0.308 e. The fourth-order valence-corrected chi connectivity index (χ4v) is 2.44. The van der Waals surface area contributed by atoms with E-state index in [1.165, 1.54) is 11.3 Å². The molecule has 0 aliphatic rings. The number of rotatable bonds is 3. The van der Waals surface area contributed by atoms with Gasteiger partial charge in [-0.3, -0.25) is 10.1 Å². The van der Waals surface area contributed by atoms with Crippen LogP contribution in [0.4, 0.5) is 14.5 Å². The molecule has 0 fully saturated rings. The zero-order valence-electron chi connectivity index (χ0n) is 10.3. The largest absolute Gasteiger partial charge is 0.397 e. The molecular formula is C13H7F2N3O2S. The maximum atomic E-state index is 14.1. The lowest BCUT2D eigenvalue weighted by molar-refractivity contribution is -0.387. The van der Waals surface area contributed by atoms with Gasteiger partial charge in [0.25, 0.3) is 0 Å². The Morgan fingerprint density at radius 1 is 1.43 bits per heavy atom. The van der Waals surface area contributed by atoms with Crippen LogP contribution in [0.5, 0.6) is 0 Å². The summed E-state index contributed by atoms with van der Waals surface area (Å²) in [6.07, 6.45) is 0. The quantitative estimate of drug-likeness (QED) is 0.535. The Balaban J connectivity index is 2.71. The minimum atomic E-state index is -1.27. The third-order valence-electron chi connectivity index (χ3n) is 2.65. The second-order valence-electron chi connectivity index (χ2n) is 3.92. The molecule has 0 bridgehead atoms. The lowest BCUT2D eigenvalue weighted by Gasteiger charge is -2.07. The molecule has 0 radical (unpaired) electrons. The Bertz CT molecular complexity index is 779. The average Bonchev–Trinajstić information content (AvgIpc) is 2.95. The van der Waals surface area contributed by atoms with Crippen LogP contribution in [0.2, 0.25) is 0 Å². The number of halogens is 2. The lowest BCUT2D eigenvalue weighted by atomic mass is 10.0. The second-order valence-corrected chi connectivity index (χ2v) is 4.87. The molecule has 2 N–H and O–H groups in total. The summed E-state index contributed by atoms with van der Waals surface area (Å²) < 4.78 is 27.5. The van der Waals surface area contributed by atoms with E-state index in [1.807, 2.05) is 0 Å². The Kier molecular flexibility index (Phi) is 3.95. The smallest absolute Gasteiger partial charge is 0.308 e. The number of nitrogens with zero attached hydrogens (tertiary/aromatic N) is 2. The molecule has 0 aliphatic heterocycles. The van der Waals surface area contributed by atoms with Crippen LogP contribution in [0, 0.1) is 33.1 Å². The van der Waals surface area contributed by atoms with E-state index in [4.69, 9.17) is 11.0 Å². The first-order chi connectivity index (χ1) is 9.95. The topological polar surface area (TPSA) is 93.0 Å². The monoisotopic (exact) mass is 307 g/mol. The number of thiophene rings is 1. The predicted molar refractivity (Wildman–Crippen MR) is 73.9 cm³/mol. The van der Waals surface area contributed by atoms with E-state index < -0.39 is 27.8 Å². The Labute approximate surface area is 121 Å². The molecule has 0 saturated carbocycles. The Morgan fingerprint density at radius 2 is 2.14 bits per heavy atom. The number of benzene rings is 1. The van der Waals surface area contributed by atoms with Crippen LogP contribution in [-0.2, 0) is 0 Å². The van der Waals surface area contributed by atoms with Crippen LogP contribution in [0.25, 0.3) is 11.3 Å². The van der Waals surface area contributed by atoms with Crippen LogP contribution in [0.15, 0.2) is 29.6 Å². The molecule has 0 saturated heterocycles. The first-order valence-corrected chi connectivity index (χ1v) is 6.41. The van der Waals surface area contributed by atoms with Crippen LogP contribution in [0.3, 0.4) is 0 Å². The van der Waals surface area contributed by atoms with Crippen molar-refractivity contribution in [3.8, 4) is 6.07 Å². The van der Waals surface area contributed by atoms with E-state index in [1.54, 1.807) is 23.6 Å². The molecule has 0 spiro atoms. The zero-order valence-corrected chi connectivity index (χ0v) is 11.2. The van der Waals surface area contributed by atoms with Gasteiger partial charge in [0.2, 0.25) is 5.82 Å². The van der Waals surface area contributed by atoms with Gasteiger partial charge in [0.1, 0.15) is 11.9 Å². The minimum Gasteiger partial charge on any atom is -0.397 e. The van der Waals surface area contributed by atoms with Gasteiger partial charge in [0.15, 0.2) is 0 Å². The van der Waals surface area contributed by atoms with E-state index in [-0.39, 0.29) is 11.3 Å². The van der Waals surface area contributed by atoms with Crippen molar-refractivity contribution in [1.82, 2.24) is 0 Å². The molecule has 1 aromatic carbocycles. The number of nitro benzene ring substituents is 1. The number of hydrogen-bond donors (Lipinski definition) is 1. The standard InChI is InChI=1S/C13H7F2N3O2S/c14-7-4-8(12(15)10(5-7)18(19)20)13(17)9(6-16)11-2-1-3-21-11/h1-5H,17H2/b13-9-. The molecule has 5 nitrogen and oxygen atoms in total. The molecule has 0 amide bonds. The number of nitrogens with two attached hydrogens (primary N) is 1. The number of allylic oxidation sites excluding steroid dienone is 1. The van der Waals surface area contributed by atoms with Crippen molar-refractivity contribution in [2.75, 3.05) is 0 Å². The summed E-state index contributed by atoms with van der Waals surface area (Å²) in [4.78, 5) is 10.1. The van der Waals surface area contributed by atoms with E-state index >= 15 is 0 Å². The fraction of sp³-hybridized carbons (Fsp3) is 0. The van der Waals surface area contributed by atoms with Crippen molar-refractivity contribution >= 4 is 28.3 Å². The summed E-state index contributed by atoms with van der Waals surface area (Å²) in [7, 11) is 0. The average molecular weight is 307 g/mol. The number of hydrogen-bond acceptors (Lipinski definition) is 5. The molecular weight excluding hydrogens is 300 g/mol. The zero-order chi connectivity index (χ0) is 15.6. The summed E-state index contributed by atoms with van der Waals surface area (Å²) in [5, 5.41) is 21.5. The minimum absolute atomic E-state index is 0.0659. The van der Waals surface area contributed by atoms with Crippen molar-refractivity contribution in [3.63, 3.8) is 0 Å². The predicted octanol–water partition coefficient (Wildman–Crippen LogP) is 3.29. The molecule has 0 unspecified atom stereocenters. The molecule has 106 valence electrons. The van der Waals surface area contributed by atoms with Gasteiger partial charge >= 0.3 is 5.69 Å². The fourth-order valence-electron chi connectivity index (χ4n) is 1.71. The number of nitriles is 1. The highest BCUT2D eigenvalue weighted by Gasteiger charge is 2.23. The summed E-state index contributed by atoms with van der Waals surface area (Å²) >= 11 is 1.19. The van der Waals surface area contributed by atoms with E-state index in [2.05, 4.69) is 0 Å². The highest BCUT2D eigenvalue weighted by Crippen LogP contribution is 2.30. The molecule has 2 rings (SSSR count). The molecule has 0 atom stereocenters. The van der Waals surface area contributed by atoms with E-state index in [0.29, 0.717) is 10.9 Å². The van der Waals surface area contributed by atoms with Gasteiger partial charge in [0, 0.05) is 10.4 Å². The van der Waals surface area contributed by atoms with Crippen molar-refractivity contribution < 1.29 is 13.7 Å². The Morgan fingerprint density at radius 3 is 2.67 bits per heavy atom. The van der Waals surface area contributed by atoms with Crippen LogP contribution >= 0.6 is 11.3 Å². The van der Waals surface area contributed by atoms with Crippen LogP contribution in [0.1, 0.15) is 10.4 Å². The van der Waals surface area contributed by atoms with E-state index in [9.17, 15) is 18.9 Å². The van der Waals surface area contributed by atoms with Crippen molar-refractivity contribution in [2.24, 2.45) is 5.73 Å². The van der Waals surface area contributed by atoms with Gasteiger partial charge in [-0.1, -0.05) is 6.07 Å². The third-order valence-corrected chi connectivity index (χ3v) is 3.54. The third kappa shape index (κ3) is 2.73. The molecule has 0 aliphatic carbocycles. The summed E-state index contributed by atoms with van der Waals surface area (Å²) in [6, 6.07) is 6.24. The molecule has 2 aromatic rings. The van der Waals surface area contributed by atoms with Gasteiger partial charge < -0.3 is 5.73 Å². The van der Waals surface area contributed by atoms with E-state index in [0.717, 1.165) is 6.07 Å². The van der Waals surface area contributed by atoms with Gasteiger partial charge in [-0.25, -0.2) is 4.39 Å². The van der Waals surface area contributed by atoms with Gasteiger partial charge in [-0.05, 0) is 17.5 Å². The Hall–Kier alpha value is -2.79. The highest BCUT2D eigenvalue weighted by molar-refractivity contribution is 7.11. The molecule has 1 aromatic heterocycles.